The average Bonchev–Trinajstić information content (AvgIpc) is 2.20. The predicted molar refractivity (Wildman–Crippen MR) is 71.9 cm³/mol. The molecule has 1 aliphatic rings. The minimum atomic E-state index is 0.128. The van der Waals surface area contributed by atoms with E-state index in [9.17, 15) is 4.79 Å². The molecule has 0 heterocycles. The summed E-state index contributed by atoms with van der Waals surface area (Å²) in [6, 6.07) is 0.501. The van der Waals surface area contributed by atoms with Crippen molar-refractivity contribution >= 4 is 5.91 Å². The molecule has 0 saturated heterocycles. The van der Waals surface area contributed by atoms with Crippen LogP contribution in [0.3, 0.4) is 0 Å². The van der Waals surface area contributed by atoms with Crippen molar-refractivity contribution < 1.29 is 4.79 Å². The fourth-order valence-corrected chi connectivity index (χ4v) is 3.07. The van der Waals surface area contributed by atoms with Crippen molar-refractivity contribution in [3.63, 3.8) is 0 Å². The minimum absolute atomic E-state index is 0.128. The highest BCUT2D eigenvalue weighted by Crippen LogP contribution is 2.38. The van der Waals surface area contributed by atoms with Gasteiger partial charge in [0.25, 0.3) is 0 Å². The van der Waals surface area contributed by atoms with Gasteiger partial charge >= 0.3 is 0 Å². The molecule has 1 amide bonds. The third kappa shape index (κ3) is 5.53. The molecule has 17 heavy (non-hydrogen) atoms. The first kappa shape index (κ1) is 14.5. The largest absolute Gasteiger partial charge is 0.355 e. The molecule has 2 N–H and O–H groups in total. The molecule has 1 saturated carbocycles. The van der Waals surface area contributed by atoms with Crippen molar-refractivity contribution in [2.24, 2.45) is 11.3 Å². The topological polar surface area (TPSA) is 41.1 Å². The van der Waals surface area contributed by atoms with Crippen molar-refractivity contribution in [3.05, 3.63) is 0 Å². The van der Waals surface area contributed by atoms with Crippen molar-refractivity contribution in [2.75, 3.05) is 13.1 Å². The normalized spacial score (nSPS) is 27.8. The summed E-state index contributed by atoms with van der Waals surface area (Å²) in [6.45, 7) is 10.3. The zero-order valence-corrected chi connectivity index (χ0v) is 11.8. The first-order valence-electron chi connectivity index (χ1n) is 6.93. The van der Waals surface area contributed by atoms with Crippen LogP contribution in [0.25, 0.3) is 0 Å². The molecule has 3 heteroatoms. The van der Waals surface area contributed by atoms with Crippen LogP contribution in [0.1, 0.15) is 53.4 Å². The summed E-state index contributed by atoms with van der Waals surface area (Å²) in [4.78, 5) is 11.5. The van der Waals surface area contributed by atoms with Gasteiger partial charge in [-0.2, -0.15) is 0 Å². The van der Waals surface area contributed by atoms with E-state index in [4.69, 9.17) is 0 Å². The number of carbonyl (C=O) groups is 1. The maximum absolute atomic E-state index is 11.5. The van der Waals surface area contributed by atoms with Crippen LogP contribution in [0.15, 0.2) is 0 Å². The standard InChI is InChI=1S/C14H28N2O/c1-5-6-15-13(17)10-16-12-7-11(2)8-14(3,4)9-12/h11-12,16H,5-10H2,1-4H3,(H,15,17). The third-order valence-corrected chi connectivity index (χ3v) is 3.51. The van der Waals surface area contributed by atoms with Crippen LogP contribution in [0.4, 0.5) is 0 Å². The Balaban J connectivity index is 2.29. The first-order valence-corrected chi connectivity index (χ1v) is 6.93. The van der Waals surface area contributed by atoms with E-state index in [-0.39, 0.29) is 5.91 Å². The quantitative estimate of drug-likeness (QED) is 0.774. The van der Waals surface area contributed by atoms with Gasteiger partial charge in [0.2, 0.25) is 5.91 Å². The van der Waals surface area contributed by atoms with E-state index < -0.39 is 0 Å². The molecule has 3 nitrogen and oxygen atoms in total. The second kappa shape index (κ2) is 6.39. The summed E-state index contributed by atoms with van der Waals surface area (Å²) in [5.74, 6) is 0.887. The van der Waals surface area contributed by atoms with E-state index in [0.717, 1.165) is 18.9 Å². The summed E-state index contributed by atoms with van der Waals surface area (Å²) >= 11 is 0. The highest BCUT2D eigenvalue weighted by molar-refractivity contribution is 5.77. The molecule has 1 rings (SSSR count). The van der Waals surface area contributed by atoms with Crippen LogP contribution < -0.4 is 10.6 Å². The highest BCUT2D eigenvalue weighted by Gasteiger charge is 2.31. The minimum Gasteiger partial charge on any atom is -0.355 e. The lowest BCUT2D eigenvalue weighted by molar-refractivity contribution is -0.120. The monoisotopic (exact) mass is 240 g/mol. The van der Waals surface area contributed by atoms with Crippen LogP contribution >= 0.6 is 0 Å². The summed E-state index contributed by atoms with van der Waals surface area (Å²) in [7, 11) is 0. The number of amides is 1. The fraction of sp³-hybridized carbons (Fsp3) is 0.929. The van der Waals surface area contributed by atoms with Crippen LogP contribution in [0.2, 0.25) is 0 Å². The van der Waals surface area contributed by atoms with Gasteiger partial charge in [-0.25, -0.2) is 0 Å². The maximum atomic E-state index is 11.5. The number of rotatable bonds is 5. The fourth-order valence-electron chi connectivity index (χ4n) is 3.07. The van der Waals surface area contributed by atoms with Gasteiger partial charge in [0.1, 0.15) is 0 Å². The van der Waals surface area contributed by atoms with E-state index in [1.54, 1.807) is 0 Å². The lowest BCUT2D eigenvalue weighted by atomic mass is 9.70. The molecule has 100 valence electrons. The summed E-state index contributed by atoms with van der Waals surface area (Å²) < 4.78 is 0. The summed E-state index contributed by atoms with van der Waals surface area (Å²) in [5, 5.41) is 6.31. The van der Waals surface area contributed by atoms with E-state index in [0.29, 0.717) is 18.0 Å². The van der Waals surface area contributed by atoms with Crippen LogP contribution in [-0.4, -0.2) is 25.0 Å². The van der Waals surface area contributed by atoms with Crippen LogP contribution in [0.5, 0.6) is 0 Å². The van der Waals surface area contributed by atoms with Gasteiger partial charge in [-0.1, -0.05) is 27.7 Å². The SMILES string of the molecule is CCCNC(=O)CNC1CC(C)CC(C)(C)C1. The van der Waals surface area contributed by atoms with Gasteiger partial charge < -0.3 is 10.6 Å². The zero-order chi connectivity index (χ0) is 12.9. The Kier molecular flexibility index (Phi) is 5.44. The first-order chi connectivity index (χ1) is 7.93. The van der Waals surface area contributed by atoms with Gasteiger partial charge in [0.15, 0.2) is 0 Å². The molecule has 0 aromatic heterocycles. The van der Waals surface area contributed by atoms with Gasteiger partial charge in [-0.3, -0.25) is 4.79 Å². The van der Waals surface area contributed by atoms with Crippen LogP contribution in [-0.2, 0) is 4.79 Å². The van der Waals surface area contributed by atoms with E-state index in [2.05, 4.69) is 38.3 Å². The molecule has 0 aromatic carbocycles. The Morgan fingerprint density at radius 1 is 1.35 bits per heavy atom. The van der Waals surface area contributed by atoms with Gasteiger partial charge in [-0.15, -0.1) is 0 Å². The Labute approximate surface area is 106 Å². The summed E-state index contributed by atoms with van der Waals surface area (Å²) in [6.07, 6.45) is 4.68. The second-order valence-electron chi connectivity index (χ2n) is 6.34. The molecule has 0 aromatic rings. The number of carbonyl (C=O) groups excluding carboxylic acids is 1. The Bertz CT molecular complexity index is 251. The second-order valence-corrected chi connectivity index (χ2v) is 6.34. The lowest BCUT2D eigenvalue weighted by Crippen LogP contribution is -2.44. The van der Waals surface area contributed by atoms with Crippen molar-refractivity contribution in [1.29, 1.82) is 0 Å². The molecule has 0 aliphatic heterocycles. The van der Waals surface area contributed by atoms with Gasteiger partial charge in [0, 0.05) is 12.6 Å². The van der Waals surface area contributed by atoms with E-state index in [1.807, 2.05) is 0 Å². The van der Waals surface area contributed by atoms with Crippen molar-refractivity contribution in [2.45, 2.75) is 59.4 Å². The molecule has 0 bridgehead atoms. The molecule has 1 aliphatic carbocycles. The number of hydrogen-bond donors (Lipinski definition) is 2. The smallest absolute Gasteiger partial charge is 0.233 e. The van der Waals surface area contributed by atoms with Crippen molar-refractivity contribution in [3.8, 4) is 0 Å². The number of nitrogens with one attached hydrogen (secondary N) is 2. The maximum Gasteiger partial charge on any atom is 0.233 e. The molecular formula is C14H28N2O. The Morgan fingerprint density at radius 3 is 2.65 bits per heavy atom. The predicted octanol–water partition coefficient (Wildman–Crippen LogP) is 2.32. The average molecular weight is 240 g/mol. The Hall–Kier alpha value is -0.570. The Morgan fingerprint density at radius 2 is 2.06 bits per heavy atom. The third-order valence-electron chi connectivity index (χ3n) is 3.51. The van der Waals surface area contributed by atoms with Crippen molar-refractivity contribution in [1.82, 2.24) is 10.6 Å². The highest BCUT2D eigenvalue weighted by atomic mass is 16.1. The zero-order valence-electron chi connectivity index (χ0n) is 11.8. The molecule has 1 fully saturated rings. The van der Waals surface area contributed by atoms with Gasteiger partial charge in [-0.05, 0) is 37.0 Å². The van der Waals surface area contributed by atoms with E-state index in [1.165, 1.54) is 19.3 Å². The molecule has 0 radical (unpaired) electrons. The molecular weight excluding hydrogens is 212 g/mol. The summed E-state index contributed by atoms with van der Waals surface area (Å²) in [5.41, 5.74) is 0.412. The lowest BCUT2D eigenvalue weighted by Gasteiger charge is -2.39. The molecule has 2 atom stereocenters. The molecule has 0 spiro atoms. The van der Waals surface area contributed by atoms with Gasteiger partial charge in [0.05, 0.1) is 6.54 Å². The van der Waals surface area contributed by atoms with Crippen LogP contribution in [0, 0.1) is 11.3 Å². The van der Waals surface area contributed by atoms with E-state index >= 15 is 0 Å². The number of hydrogen-bond acceptors (Lipinski definition) is 2. The molecule has 2 unspecified atom stereocenters.